The summed E-state index contributed by atoms with van der Waals surface area (Å²) in [5.74, 6) is 1.53. The standard InChI is InChI=1S/C7H9N2/c1-2-6(3-1)7-4-8-5-9-7/h4-5H,1-3H2,(H,8,9). The van der Waals surface area contributed by atoms with Gasteiger partial charge in [-0.15, -0.1) is 0 Å². The smallest absolute Gasteiger partial charge is 0.0921 e. The molecule has 1 aliphatic rings. The third-order valence-corrected chi connectivity index (χ3v) is 1.84. The summed E-state index contributed by atoms with van der Waals surface area (Å²) in [7, 11) is 0. The molecule has 0 atom stereocenters. The Hall–Kier alpha value is -0.790. The second kappa shape index (κ2) is 1.87. The molecule has 2 heteroatoms. The van der Waals surface area contributed by atoms with Gasteiger partial charge in [0.2, 0.25) is 0 Å². The first-order valence-corrected chi connectivity index (χ1v) is 3.30. The maximum atomic E-state index is 3.95. The van der Waals surface area contributed by atoms with Gasteiger partial charge in [0.15, 0.2) is 0 Å². The summed E-state index contributed by atoms with van der Waals surface area (Å²) in [5.41, 5.74) is 1.24. The van der Waals surface area contributed by atoms with E-state index in [0.717, 1.165) is 0 Å². The van der Waals surface area contributed by atoms with Crippen molar-refractivity contribution < 1.29 is 0 Å². The summed E-state index contributed by atoms with van der Waals surface area (Å²) in [6.45, 7) is 0. The van der Waals surface area contributed by atoms with Crippen LogP contribution in [0.4, 0.5) is 0 Å². The number of hydrogen-bond donors (Lipinski definition) is 1. The highest BCUT2D eigenvalue weighted by molar-refractivity contribution is 5.23. The number of nitrogens with zero attached hydrogens (tertiary/aromatic N) is 1. The first kappa shape index (κ1) is 5.03. The molecule has 1 saturated carbocycles. The molecule has 1 aromatic heterocycles. The largest absolute Gasteiger partial charge is 0.348 e. The molecular weight excluding hydrogens is 112 g/mol. The van der Waals surface area contributed by atoms with Gasteiger partial charge in [-0.25, -0.2) is 4.98 Å². The Balaban J connectivity index is 2.14. The van der Waals surface area contributed by atoms with Crippen molar-refractivity contribution in [2.45, 2.75) is 19.3 Å². The summed E-state index contributed by atoms with van der Waals surface area (Å²) in [5, 5.41) is 0. The second-order valence-corrected chi connectivity index (χ2v) is 2.42. The molecule has 1 aliphatic carbocycles. The van der Waals surface area contributed by atoms with Crippen LogP contribution in [0.15, 0.2) is 12.5 Å². The minimum absolute atomic E-state index is 1.24. The van der Waals surface area contributed by atoms with Gasteiger partial charge < -0.3 is 4.98 Å². The molecule has 47 valence electrons. The van der Waals surface area contributed by atoms with Gasteiger partial charge in [-0.05, 0) is 12.8 Å². The summed E-state index contributed by atoms with van der Waals surface area (Å²) < 4.78 is 0. The fourth-order valence-corrected chi connectivity index (χ4v) is 1.07. The first-order chi connectivity index (χ1) is 4.47. The fraction of sp³-hybridized carbons (Fsp3) is 0.429. The van der Waals surface area contributed by atoms with E-state index in [9.17, 15) is 0 Å². The maximum Gasteiger partial charge on any atom is 0.0921 e. The molecule has 0 amide bonds. The normalized spacial score (nSPS) is 19.6. The predicted molar refractivity (Wildman–Crippen MR) is 34.8 cm³/mol. The van der Waals surface area contributed by atoms with E-state index in [2.05, 4.69) is 9.97 Å². The molecule has 1 fully saturated rings. The van der Waals surface area contributed by atoms with Crippen LogP contribution in [0, 0.1) is 5.92 Å². The highest BCUT2D eigenvalue weighted by Gasteiger charge is 2.20. The number of imidazole rings is 1. The van der Waals surface area contributed by atoms with Crippen molar-refractivity contribution in [3.63, 3.8) is 0 Å². The quantitative estimate of drug-likeness (QED) is 0.599. The van der Waals surface area contributed by atoms with Crippen LogP contribution < -0.4 is 0 Å². The second-order valence-electron chi connectivity index (χ2n) is 2.42. The lowest BCUT2D eigenvalue weighted by molar-refractivity contribution is 0.570. The topological polar surface area (TPSA) is 28.7 Å². The van der Waals surface area contributed by atoms with Gasteiger partial charge in [-0.3, -0.25) is 0 Å². The lowest BCUT2D eigenvalue weighted by Gasteiger charge is -2.22. The van der Waals surface area contributed by atoms with Crippen molar-refractivity contribution in [3.05, 3.63) is 24.1 Å². The van der Waals surface area contributed by atoms with Gasteiger partial charge in [0.05, 0.1) is 6.33 Å². The molecule has 1 heterocycles. The van der Waals surface area contributed by atoms with Gasteiger partial charge in [-0.1, -0.05) is 6.42 Å². The van der Waals surface area contributed by atoms with Crippen molar-refractivity contribution in [2.24, 2.45) is 0 Å². The molecule has 0 aliphatic heterocycles. The van der Waals surface area contributed by atoms with Crippen LogP contribution in [0.3, 0.4) is 0 Å². The SMILES string of the molecule is c1ncc([C]2CCC2)[nH]1. The minimum atomic E-state index is 1.24. The highest BCUT2D eigenvalue weighted by Crippen LogP contribution is 2.33. The number of nitrogens with one attached hydrogen (secondary N) is 1. The van der Waals surface area contributed by atoms with E-state index < -0.39 is 0 Å². The molecule has 0 spiro atoms. The van der Waals surface area contributed by atoms with E-state index in [0.29, 0.717) is 0 Å². The van der Waals surface area contributed by atoms with Crippen LogP contribution in [0.25, 0.3) is 0 Å². The van der Waals surface area contributed by atoms with E-state index in [1.165, 1.54) is 30.9 Å². The average Bonchev–Trinajstić information content (AvgIpc) is 2.11. The van der Waals surface area contributed by atoms with Crippen LogP contribution in [0.5, 0.6) is 0 Å². The van der Waals surface area contributed by atoms with E-state index in [1.807, 2.05) is 6.20 Å². The molecule has 0 unspecified atom stereocenters. The predicted octanol–water partition coefficient (Wildman–Crippen LogP) is 1.52. The fourth-order valence-electron chi connectivity index (χ4n) is 1.07. The monoisotopic (exact) mass is 121 g/mol. The molecule has 0 bridgehead atoms. The van der Waals surface area contributed by atoms with Crippen LogP contribution in [0.1, 0.15) is 25.0 Å². The highest BCUT2D eigenvalue weighted by atomic mass is 14.9. The van der Waals surface area contributed by atoms with Gasteiger partial charge in [-0.2, -0.15) is 0 Å². The van der Waals surface area contributed by atoms with Crippen molar-refractivity contribution in [3.8, 4) is 0 Å². The van der Waals surface area contributed by atoms with Crippen LogP contribution in [-0.2, 0) is 0 Å². The number of aromatic nitrogens is 2. The first-order valence-electron chi connectivity index (χ1n) is 3.30. The number of aromatic amines is 1. The van der Waals surface area contributed by atoms with E-state index >= 15 is 0 Å². The lowest BCUT2D eigenvalue weighted by atomic mass is 9.83. The molecule has 0 saturated heterocycles. The third kappa shape index (κ3) is 0.745. The summed E-state index contributed by atoms with van der Waals surface area (Å²) in [6, 6.07) is 0. The Kier molecular flexibility index (Phi) is 1.04. The van der Waals surface area contributed by atoms with Crippen molar-refractivity contribution >= 4 is 0 Å². The van der Waals surface area contributed by atoms with E-state index in [-0.39, 0.29) is 0 Å². The van der Waals surface area contributed by atoms with Crippen molar-refractivity contribution in [2.75, 3.05) is 0 Å². The minimum Gasteiger partial charge on any atom is -0.348 e. The molecule has 1 aromatic rings. The maximum absolute atomic E-state index is 3.95. The van der Waals surface area contributed by atoms with Gasteiger partial charge >= 0.3 is 0 Å². The Bertz CT molecular complexity index is 175. The Morgan fingerprint density at radius 2 is 2.33 bits per heavy atom. The zero-order chi connectivity index (χ0) is 6.10. The summed E-state index contributed by atoms with van der Waals surface area (Å²) >= 11 is 0. The zero-order valence-electron chi connectivity index (χ0n) is 5.22. The number of H-pyrrole nitrogens is 1. The molecule has 0 aromatic carbocycles. The molecule has 2 nitrogen and oxygen atoms in total. The van der Waals surface area contributed by atoms with Crippen LogP contribution in [0.2, 0.25) is 0 Å². The van der Waals surface area contributed by atoms with Gasteiger partial charge in [0.1, 0.15) is 0 Å². The molecule has 2 rings (SSSR count). The summed E-state index contributed by atoms with van der Waals surface area (Å²) in [4.78, 5) is 7.04. The Labute approximate surface area is 54.3 Å². The van der Waals surface area contributed by atoms with Crippen LogP contribution in [-0.4, -0.2) is 9.97 Å². The summed E-state index contributed by atoms with van der Waals surface area (Å²) in [6.07, 6.45) is 7.52. The molecule has 9 heavy (non-hydrogen) atoms. The van der Waals surface area contributed by atoms with Gasteiger partial charge in [0, 0.05) is 17.8 Å². The average molecular weight is 121 g/mol. The molecular formula is C7H9N2. The number of hydrogen-bond acceptors (Lipinski definition) is 1. The third-order valence-electron chi connectivity index (χ3n) is 1.84. The Morgan fingerprint density at radius 1 is 1.44 bits per heavy atom. The molecule has 1 N–H and O–H groups in total. The van der Waals surface area contributed by atoms with Gasteiger partial charge in [0.25, 0.3) is 0 Å². The zero-order valence-corrected chi connectivity index (χ0v) is 5.22. The Morgan fingerprint density at radius 3 is 2.78 bits per heavy atom. The number of rotatable bonds is 1. The van der Waals surface area contributed by atoms with Crippen molar-refractivity contribution in [1.29, 1.82) is 0 Å². The van der Waals surface area contributed by atoms with Crippen LogP contribution >= 0.6 is 0 Å². The van der Waals surface area contributed by atoms with E-state index in [4.69, 9.17) is 0 Å². The van der Waals surface area contributed by atoms with E-state index in [1.54, 1.807) is 6.33 Å². The van der Waals surface area contributed by atoms with Crippen molar-refractivity contribution in [1.82, 2.24) is 9.97 Å². The lowest BCUT2D eigenvalue weighted by Crippen LogP contribution is -2.09. The molecule has 1 radical (unpaired) electrons.